The van der Waals surface area contributed by atoms with Crippen LogP contribution in [0.4, 0.5) is 9.18 Å². The van der Waals surface area contributed by atoms with Gasteiger partial charge in [0.2, 0.25) is 0 Å². The number of amides is 1. The molecule has 170 valence electrons. The van der Waals surface area contributed by atoms with E-state index in [9.17, 15) is 14.0 Å². The summed E-state index contributed by atoms with van der Waals surface area (Å²) in [6.45, 7) is 12.9. The molecule has 0 saturated carbocycles. The highest BCUT2D eigenvalue weighted by molar-refractivity contribution is 6.56. The van der Waals surface area contributed by atoms with Gasteiger partial charge < -0.3 is 24.1 Å². The van der Waals surface area contributed by atoms with Gasteiger partial charge in [0.05, 0.1) is 23.9 Å². The third kappa shape index (κ3) is 6.30. The third-order valence-electron chi connectivity index (χ3n) is 5.15. The Morgan fingerprint density at radius 2 is 1.74 bits per heavy atom. The first-order chi connectivity index (χ1) is 14.1. The Labute approximate surface area is 183 Å². The average molecular weight is 435 g/mol. The highest BCUT2D eigenvalue weighted by Crippen LogP contribution is 2.38. The first kappa shape index (κ1) is 24.9. The summed E-state index contributed by atoms with van der Waals surface area (Å²) in [5, 5.41) is 2.66. The van der Waals surface area contributed by atoms with Crippen LogP contribution in [0.2, 0.25) is 0 Å². The molecule has 0 spiro atoms. The summed E-state index contributed by atoms with van der Waals surface area (Å²) < 4.78 is 36.7. The average Bonchev–Trinajstić information content (AvgIpc) is 2.84. The number of methoxy groups -OCH3 is 1. The van der Waals surface area contributed by atoms with E-state index < -0.39 is 41.8 Å². The van der Waals surface area contributed by atoms with Crippen LogP contribution in [0.15, 0.2) is 23.7 Å². The first-order valence-electron chi connectivity index (χ1n) is 10.1. The third-order valence-corrected chi connectivity index (χ3v) is 5.15. The van der Waals surface area contributed by atoms with Crippen molar-refractivity contribution >= 4 is 25.3 Å². The number of esters is 1. The zero-order valence-corrected chi connectivity index (χ0v) is 19.4. The van der Waals surface area contributed by atoms with Crippen LogP contribution in [0.1, 0.15) is 64.4 Å². The van der Waals surface area contributed by atoms with Crippen molar-refractivity contribution in [1.82, 2.24) is 5.32 Å². The molecule has 1 aliphatic heterocycles. The molecule has 31 heavy (non-hydrogen) atoms. The summed E-state index contributed by atoms with van der Waals surface area (Å²) >= 11 is 0. The fraction of sp³-hybridized carbons (Fsp3) is 0.545. The van der Waals surface area contributed by atoms with Gasteiger partial charge in [-0.05, 0) is 66.1 Å². The Hall–Kier alpha value is -2.39. The van der Waals surface area contributed by atoms with Gasteiger partial charge in [-0.2, -0.15) is 0 Å². The minimum absolute atomic E-state index is 0.0178. The number of hydrogen-bond donors (Lipinski definition) is 1. The molecule has 0 atom stereocenters. The molecule has 1 amide bonds. The number of hydrogen-bond acceptors (Lipinski definition) is 6. The summed E-state index contributed by atoms with van der Waals surface area (Å²) in [6, 6.07) is 4.02. The Morgan fingerprint density at radius 1 is 1.16 bits per heavy atom. The molecule has 1 saturated heterocycles. The molecule has 0 bridgehead atoms. The number of rotatable bonds is 5. The first-order valence-corrected chi connectivity index (χ1v) is 10.1. The van der Waals surface area contributed by atoms with Crippen molar-refractivity contribution in [2.45, 2.75) is 65.3 Å². The molecule has 7 nitrogen and oxygen atoms in total. The number of benzene rings is 1. The number of nitrogens with one attached hydrogen (secondary N) is 1. The molecular formula is C22H31BFNO6. The molecule has 1 heterocycles. The van der Waals surface area contributed by atoms with E-state index in [2.05, 4.69) is 10.1 Å². The van der Waals surface area contributed by atoms with Crippen molar-refractivity contribution in [2.24, 2.45) is 0 Å². The van der Waals surface area contributed by atoms with E-state index in [1.54, 1.807) is 20.8 Å². The summed E-state index contributed by atoms with van der Waals surface area (Å²) in [7, 11) is 0.423. The Balaban J connectivity index is 2.34. The van der Waals surface area contributed by atoms with Gasteiger partial charge in [0.15, 0.2) is 0 Å². The zero-order chi connectivity index (χ0) is 23.6. The molecular weight excluding hydrogens is 404 g/mol. The quantitative estimate of drug-likeness (QED) is 0.553. The second kappa shape index (κ2) is 9.00. The van der Waals surface area contributed by atoms with Crippen molar-refractivity contribution in [3.8, 4) is 0 Å². The highest BCUT2D eigenvalue weighted by atomic mass is 19.1. The van der Waals surface area contributed by atoms with Gasteiger partial charge in [0.1, 0.15) is 11.4 Å². The molecule has 1 N–H and O–H groups in total. The lowest BCUT2D eigenvalue weighted by molar-refractivity contribution is 0.00578. The number of halogens is 1. The summed E-state index contributed by atoms with van der Waals surface area (Å²) in [4.78, 5) is 23.8. The Bertz CT molecular complexity index is 859. The molecule has 0 radical (unpaired) electrons. The van der Waals surface area contributed by atoms with Crippen LogP contribution in [0.3, 0.4) is 0 Å². The van der Waals surface area contributed by atoms with Gasteiger partial charge in [-0.15, -0.1) is 0 Å². The summed E-state index contributed by atoms with van der Waals surface area (Å²) in [6.07, 6.45) is 0.923. The fourth-order valence-electron chi connectivity index (χ4n) is 2.77. The van der Waals surface area contributed by atoms with E-state index in [0.717, 1.165) is 6.07 Å². The molecule has 0 aliphatic carbocycles. The monoisotopic (exact) mass is 435 g/mol. The van der Waals surface area contributed by atoms with E-state index >= 15 is 0 Å². The second-order valence-electron chi connectivity index (χ2n) is 9.39. The standard InChI is InChI=1S/C22H31BFNO6/c1-20(2,3)29-19(27)25-13-16(23-30-21(4,5)22(6,7)31-23)11-14-9-10-15(12-17(14)24)18(26)28-8/h9-12H,13H2,1-8H3,(H,25,27). The Morgan fingerprint density at radius 3 is 2.23 bits per heavy atom. The normalized spacial score (nSPS) is 18.0. The zero-order valence-electron chi connectivity index (χ0n) is 19.4. The van der Waals surface area contributed by atoms with Crippen LogP contribution in [0.5, 0.6) is 0 Å². The molecule has 1 fully saturated rings. The maximum absolute atomic E-state index is 14.7. The molecule has 1 aromatic rings. The Kier molecular flexibility index (Phi) is 7.23. The van der Waals surface area contributed by atoms with Gasteiger partial charge in [-0.25, -0.2) is 14.0 Å². The molecule has 0 unspecified atom stereocenters. The molecule has 9 heteroatoms. The van der Waals surface area contributed by atoms with E-state index in [1.165, 1.54) is 25.3 Å². The molecule has 1 aliphatic rings. The molecule has 2 rings (SSSR count). The maximum Gasteiger partial charge on any atom is 0.492 e. The number of alkyl carbamates (subject to hydrolysis) is 1. The molecule has 0 aromatic heterocycles. The topological polar surface area (TPSA) is 83.1 Å². The summed E-state index contributed by atoms with van der Waals surface area (Å²) in [5.41, 5.74) is -1.08. The summed E-state index contributed by atoms with van der Waals surface area (Å²) in [5.74, 6) is -1.25. The van der Waals surface area contributed by atoms with Gasteiger partial charge in [0.25, 0.3) is 0 Å². The number of carbonyl (C=O) groups excluding carboxylic acids is 2. The van der Waals surface area contributed by atoms with Crippen LogP contribution < -0.4 is 5.32 Å². The van der Waals surface area contributed by atoms with E-state index in [0.29, 0.717) is 5.47 Å². The van der Waals surface area contributed by atoms with Crippen molar-refractivity contribution < 1.29 is 32.8 Å². The highest BCUT2D eigenvalue weighted by Gasteiger charge is 2.52. The van der Waals surface area contributed by atoms with Gasteiger partial charge in [0, 0.05) is 12.1 Å². The predicted molar refractivity (Wildman–Crippen MR) is 116 cm³/mol. The van der Waals surface area contributed by atoms with Crippen molar-refractivity contribution in [1.29, 1.82) is 0 Å². The maximum atomic E-state index is 14.7. The van der Waals surface area contributed by atoms with Gasteiger partial charge >= 0.3 is 19.2 Å². The van der Waals surface area contributed by atoms with E-state index in [4.69, 9.17) is 14.0 Å². The van der Waals surface area contributed by atoms with Crippen molar-refractivity contribution in [3.05, 3.63) is 40.6 Å². The van der Waals surface area contributed by atoms with Crippen LogP contribution in [-0.2, 0) is 18.8 Å². The minimum Gasteiger partial charge on any atom is -0.465 e. The lowest BCUT2D eigenvalue weighted by atomic mass is 9.77. The van der Waals surface area contributed by atoms with Gasteiger partial charge in [-0.1, -0.05) is 12.1 Å². The lowest BCUT2D eigenvalue weighted by Crippen LogP contribution is -2.41. The van der Waals surface area contributed by atoms with Crippen LogP contribution in [0, 0.1) is 5.82 Å². The van der Waals surface area contributed by atoms with E-state index in [-0.39, 0.29) is 17.7 Å². The fourth-order valence-corrected chi connectivity index (χ4v) is 2.77. The smallest absolute Gasteiger partial charge is 0.465 e. The number of ether oxygens (including phenoxy) is 2. The van der Waals surface area contributed by atoms with Gasteiger partial charge in [-0.3, -0.25) is 0 Å². The van der Waals surface area contributed by atoms with Crippen LogP contribution >= 0.6 is 0 Å². The predicted octanol–water partition coefficient (Wildman–Crippen LogP) is 4.15. The van der Waals surface area contributed by atoms with Crippen molar-refractivity contribution in [2.75, 3.05) is 13.7 Å². The SMILES string of the molecule is COC(=O)c1ccc(C=C(CNC(=O)OC(C)(C)C)B2OC(C)(C)C(C)(C)O2)c(F)c1. The lowest BCUT2D eigenvalue weighted by Gasteiger charge is -2.32. The van der Waals surface area contributed by atoms with Crippen LogP contribution in [0.25, 0.3) is 6.08 Å². The molecule has 1 aromatic carbocycles. The minimum atomic E-state index is -0.806. The number of carbonyl (C=O) groups is 2. The van der Waals surface area contributed by atoms with Crippen LogP contribution in [-0.4, -0.2) is 49.6 Å². The largest absolute Gasteiger partial charge is 0.492 e. The van der Waals surface area contributed by atoms with Crippen molar-refractivity contribution in [3.63, 3.8) is 0 Å². The van der Waals surface area contributed by atoms with E-state index in [1.807, 2.05) is 27.7 Å². The second-order valence-corrected chi connectivity index (χ2v) is 9.39.